The molecule has 0 bridgehead atoms. The highest BCUT2D eigenvalue weighted by atomic mass is 79.9. The van der Waals surface area contributed by atoms with Gasteiger partial charge in [0.25, 0.3) is 0 Å². The van der Waals surface area contributed by atoms with Gasteiger partial charge in [0.1, 0.15) is 0 Å². The van der Waals surface area contributed by atoms with E-state index < -0.39 is 10.0 Å². The number of sulfonamides is 1. The molecule has 0 radical (unpaired) electrons. The first-order valence-electron chi connectivity index (χ1n) is 5.60. The van der Waals surface area contributed by atoms with E-state index in [1.54, 1.807) is 6.07 Å². The molecular weight excluding hydrogens is 356 g/mol. The van der Waals surface area contributed by atoms with Gasteiger partial charge in [-0.1, -0.05) is 16.8 Å². The van der Waals surface area contributed by atoms with Crippen molar-refractivity contribution in [3.63, 3.8) is 0 Å². The van der Waals surface area contributed by atoms with Gasteiger partial charge in [-0.05, 0) is 34.1 Å². The van der Waals surface area contributed by atoms with Crippen molar-refractivity contribution in [3.05, 3.63) is 27.7 Å². The highest BCUT2D eigenvalue weighted by Crippen LogP contribution is 2.27. The van der Waals surface area contributed by atoms with E-state index >= 15 is 0 Å². The van der Waals surface area contributed by atoms with Gasteiger partial charge < -0.3 is 5.21 Å². The Balaban J connectivity index is 2.25. The quantitative estimate of drug-likeness (QED) is 0.645. The van der Waals surface area contributed by atoms with Crippen LogP contribution in [0.25, 0.3) is 0 Å². The van der Waals surface area contributed by atoms with Crippen molar-refractivity contribution in [2.75, 3.05) is 13.1 Å². The predicted octanol–water partition coefficient (Wildman–Crippen LogP) is 2.72. The van der Waals surface area contributed by atoms with Crippen LogP contribution in [0.3, 0.4) is 0 Å². The fraction of sp³-hybridized carbons (Fsp3) is 0.364. The SMILES string of the molecule is O=S(=O)(c1ccc(Cl)c(Br)c1)N1CCC(=NO)CC1. The summed E-state index contributed by atoms with van der Waals surface area (Å²) in [5, 5.41) is 12.3. The molecule has 1 aliphatic rings. The van der Waals surface area contributed by atoms with Crippen molar-refractivity contribution in [2.24, 2.45) is 5.16 Å². The first-order chi connectivity index (χ1) is 8.95. The second-order valence-corrected chi connectivity index (χ2v) is 7.35. The zero-order chi connectivity index (χ0) is 14.0. The number of piperidine rings is 1. The molecular formula is C11H12BrClN2O3S. The van der Waals surface area contributed by atoms with Gasteiger partial charge in [-0.2, -0.15) is 4.31 Å². The summed E-state index contributed by atoms with van der Waals surface area (Å²) < 4.78 is 26.7. The van der Waals surface area contributed by atoms with Crippen LogP contribution in [0, 0.1) is 0 Å². The summed E-state index contributed by atoms with van der Waals surface area (Å²) in [4.78, 5) is 0.202. The van der Waals surface area contributed by atoms with Gasteiger partial charge in [0.2, 0.25) is 10.0 Å². The van der Waals surface area contributed by atoms with E-state index in [9.17, 15) is 8.42 Å². The highest BCUT2D eigenvalue weighted by molar-refractivity contribution is 9.10. The largest absolute Gasteiger partial charge is 0.411 e. The molecule has 1 aromatic rings. The third kappa shape index (κ3) is 3.10. The zero-order valence-corrected chi connectivity index (χ0v) is 13.0. The number of halogens is 2. The Hall–Kier alpha value is -0.630. The summed E-state index contributed by atoms with van der Waals surface area (Å²) in [6, 6.07) is 4.52. The molecule has 0 aromatic heterocycles. The van der Waals surface area contributed by atoms with Crippen LogP contribution >= 0.6 is 27.5 Å². The minimum absolute atomic E-state index is 0.202. The maximum absolute atomic E-state index is 12.4. The normalized spacial score (nSPS) is 17.5. The van der Waals surface area contributed by atoms with Crippen LogP contribution in [0.4, 0.5) is 0 Å². The van der Waals surface area contributed by atoms with Gasteiger partial charge in [0.05, 0.1) is 15.6 Å². The molecule has 0 unspecified atom stereocenters. The Morgan fingerprint density at radius 1 is 1.32 bits per heavy atom. The van der Waals surface area contributed by atoms with E-state index in [-0.39, 0.29) is 4.90 Å². The summed E-state index contributed by atoms with van der Waals surface area (Å²) in [6.07, 6.45) is 0.898. The number of hydrogen-bond donors (Lipinski definition) is 1. The Morgan fingerprint density at radius 2 is 1.95 bits per heavy atom. The first kappa shape index (κ1) is 14.8. The maximum Gasteiger partial charge on any atom is 0.243 e. The van der Waals surface area contributed by atoms with Gasteiger partial charge in [-0.25, -0.2) is 8.42 Å². The molecule has 1 heterocycles. The summed E-state index contributed by atoms with van der Waals surface area (Å²) in [7, 11) is -3.52. The third-order valence-corrected chi connectivity index (χ3v) is 6.08. The molecule has 1 aliphatic heterocycles. The van der Waals surface area contributed by atoms with Crippen molar-refractivity contribution < 1.29 is 13.6 Å². The highest BCUT2D eigenvalue weighted by Gasteiger charge is 2.28. The molecule has 0 saturated carbocycles. The van der Waals surface area contributed by atoms with Crippen molar-refractivity contribution in [3.8, 4) is 0 Å². The second kappa shape index (κ2) is 5.78. The molecule has 2 rings (SSSR count). The molecule has 1 fully saturated rings. The standard InChI is InChI=1S/C11H12BrClN2O3S/c12-10-7-9(1-2-11(10)13)19(17,18)15-5-3-8(14-16)4-6-15/h1-2,7,16H,3-6H2. The fourth-order valence-corrected chi connectivity index (χ4v) is 3.99. The van der Waals surface area contributed by atoms with Gasteiger partial charge in [0, 0.05) is 30.4 Å². The van der Waals surface area contributed by atoms with Crippen molar-refractivity contribution >= 4 is 43.3 Å². The summed E-state index contributed by atoms with van der Waals surface area (Å²) >= 11 is 9.07. The topological polar surface area (TPSA) is 70.0 Å². The summed E-state index contributed by atoms with van der Waals surface area (Å²) in [5.41, 5.74) is 0.628. The lowest BCUT2D eigenvalue weighted by Gasteiger charge is -2.26. The Kier molecular flexibility index (Phi) is 4.50. The second-order valence-electron chi connectivity index (χ2n) is 4.15. The first-order valence-corrected chi connectivity index (χ1v) is 8.21. The Bertz CT molecular complexity index is 608. The average Bonchev–Trinajstić information content (AvgIpc) is 2.41. The number of rotatable bonds is 2. The van der Waals surface area contributed by atoms with Gasteiger partial charge in [-0.3, -0.25) is 0 Å². The monoisotopic (exact) mass is 366 g/mol. The molecule has 8 heteroatoms. The lowest BCUT2D eigenvalue weighted by atomic mass is 10.1. The van der Waals surface area contributed by atoms with Gasteiger partial charge in [0.15, 0.2) is 0 Å². The smallest absolute Gasteiger partial charge is 0.243 e. The minimum Gasteiger partial charge on any atom is -0.411 e. The van der Waals surface area contributed by atoms with Crippen LogP contribution in [0.1, 0.15) is 12.8 Å². The molecule has 0 amide bonds. The van der Waals surface area contributed by atoms with E-state index in [1.165, 1.54) is 16.4 Å². The molecule has 19 heavy (non-hydrogen) atoms. The van der Waals surface area contributed by atoms with Crippen LogP contribution in [0.5, 0.6) is 0 Å². The Labute approximate surface area is 125 Å². The van der Waals surface area contributed by atoms with Crippen LogP contribution < -0.4 is 0 Å². The van der Waals surface area contributed by atoms with Crippen LogP contribution in [0.15, 0.2) is 32.7 Å². The summed E-state index contributed by atoms with van der Waals surface area (Å²) in [6.45, 7) is 0.643. The van der Waals surface area contributed by atoms with E-state index in [0.717, 1.165) is 0 Å². The number of benzene rings is 1. The van der Waals surface area contributed by atoms with Crippen LogP contribution in [-0.2, 0) is 10.0 Å². The van der Waals surface area contributed by atoms with Gasteiger partial charge in [-0.15, -0.1) is 0 Å². The maximum atomic E-state index is 12.4. The van der Waals surface area contributed by atoms with Crippen LogP contribution in [-0.4, -0.2) is 36.7 Å². The third-order valence-electron chi connectivity index (χ3n) is 2.97. The molecule has 0 spiro atoms. The lowest BCUT2D eigenvalue weighted by molar-refractivity contribution is 0.310. The minimum atomic E-state index is -3.52. The number of oxime groups is 1. The molecule has 1 aromatic carbocycles. The molecule has 0 atom stereocenters. The molecule has 1 saturated heterocycles. The molecule has 104 valence electrons. The van der Waals surface area contributed by atoms with Crippen LogP contribution in [0.2, 0.25) is 5.02 Å². The lowest BCUT2D eigenvalue weighted by Crippen LogP contribution is -2.38. The predicted molar refractivity (Wildman–Crippen MR) is 76.4 cm³/mol. The van der Waals surface area contributed by atoms with E-state index in [2.05, 4.69) is 21.1 Å². The fourth-order valence-electron chi connectivity index (χ4n) is 1.87. The van der Waals surface area contributed by atoms with Gasteiger partial charge >= 0.3 is 0 Å². The van der Waals surface area contributed by atoms with E-state index in [4.69, 9.17) is 16.8 Å². The molecule has 0 aliphatic carbocycles. The van der Waals surface area contributed by atoms with Crippen molar-refractivity contribution in [1.82, 2.24) is 4.31 Å². The Morgan fingerprint density at radius 3 is 2.47 bits per heavy atom. The molecule has 1 N–H and O–H groups in total. The summed E-state index contributed by atoms with van der Waals surface area (Å²) in [5.74, 6) is 0. The van der Waals surface area contributed by atoms with E-state index in [0.29, 0.717) is 41.1 Å². The zero-order valence-electron chi connectivity index (χ0n) is 9.88. The van der Waals surface area contributed by atoms with E-state index in [1.807, 2.05) is 0 Å². The molecule has 5 nitrogen and oxygen atoms in total. The number of nitrogens with zero attached hydrogens (tertiary/aromatic N) is 2. The van der Waals surface area contributed by atoms with Crippen molar-refractivity contribution in [2.45, 2.75) is 17.7 Å². The average molecular weight is 368 g/mol. The number of hydrogen-bond acceptors (Lipinski definition) is 4. The van der Waals surface area contributed by atoms with Crippen molar-refractivity contribution in [1.29, 1.82) is 0 Å².